The van der Waals surface area contributed by atoms with Crippen molar-refractivity contribution in [2.45, 2.75) is 12.7 Å². The van der Waals surface area contributed by atoms with E-state index < -0.39 is 6.17 Å². The molecule has 1 unspecified atom stereocenters. The third kappa shape index (κ3) is 2.93. The number of rotatable bonds is 4. The lowest BCUT2D eigenvalue weighted by molar-refractivity contribution is 0.0651. The van der Waals surface area contributed by atoms with Crippen molar-refractivity contribution in [3.05, 3.63) is 71.7 Å². The first kappa shape index (κ1) is 16.8. The van der Waals surface area contributed by atoms with Crippen LogP contribution in [0.5, 0.6) is 17.2 Å². The maximum absolute atomic E-state index is 13.1. The van der Waals surface area contributed by atoms with Crippen LogP contribution in [-0.2, 0) is 6.54 Å². The predicted octanol–water partition coefficient (Wildman–Crippen LogP) is 3.47. The van der Waals surface area contributed by atoms with Crippen LogP contribution in [0.1, 0.15) is 27.8 Å². The Balaban J connectivity index is 1.81. The summed E-state index contributed by atoms with van der Waals surface area (Å²) < 4.78 is 10.5. The van der Waals surface area contributed by atoms with Crippen LogP contribution in [0.15, 0.2) is 59.2 Å². The van der Waals surface area contributed by atoms with Crippen molar-refractivity contribution in [3.8, 4) is 17.2 Å². The van der Waals surface area contributed by atoms with E-state index in [0.29, 0.717) is 22.6 Å². The number of benzene rings is 2. The molecule has 0 aliphatic carbocycles. The van der Waals surface area contributed by atoms with Crippen LogP contribution >= 0.6 is 0 Å². The van der Waals surface area contributed by atoms with Gasteiger partial charge in [-0.1, -0.05) is 12.1 Å². The number of furan rings is 1. The summed E-state index contributed by atoms with van der Waals surface area (Å²) in [5.74, 6) is -0.0883. The predicted molar refractivity (Wildman–Crippen MR) is 97.7 cm³/mol. The zero-order valence-corrected chi connectivity index (χ0v) is 14.5. The molecule has 1 aliphatic heterocycles. The molecule has 1 amide bonds. The minimum atomic E-state index is -0.585. The Kier molecular flexibility index (Phi) is 4.12. The van der Waals surface area contributed by atoms with E-state index in [4.69, 9.17) is 9.15 Å². The Hall–Kier alpha value is -3.61. The highest BCUT2D eigenvalue weighted by molar-refractivity contribution is 6.01. The van der Waals surface area contributed by atoms with Crippen LogP contribution in [0.2, 0.25) is 0 Å². The molecule has 138 valence electrons. The molecule has 7 nitrogen and oxygen atoms in total. The Morgan fingerprint density at radius 3 is 2.74 bits per heavy atom. The number of aromatic hydroxyl groups is 2. The minimum absolute atomic E-state index is 0.121. The molecule has 0 saturated carbocycles. The monoisotopic (exact) mass is 366 g/mol. The minimum Gasteiger partial charge on any atom is -0.504 e. The van der Waals surface area contributed by atoms with Gasteiger partial charge in [-0.25, -0.2) is 0 Å². The Morgan fingerprint density at radius 2 is 2.00 bits per heavy atom. The van der Waals surface area contributed by atoms with Gasteiger partial charge in [0.05, 0.1) is 25.5 Å². The second kappa shape index (κ2) is 6.60. The van der Waals surface area contributed by atoms with Gasteiger partial charge in [-0.2, -0.15) is 0 Å². The third-order valence-corrected chi connectivity index (χ3v) is 4.54. The Labute approximate surface area is 155 Å². The summed E-state index contributed by atoms with van der Waals surface area (Å²) in [7, 11) is 1.40. The summed E-state index contributed by atoms with van der Waals surface area (Å²) in [6.07, 6.45) is 0.966. The summed E-state index contributed by atoms with van der Waals surface area (Å²) in [5.41, 5.74) is 1.81. The molecule has 4 rings (SSSR count). The summed E-state index contributed by atoms with van der Waals surface area (Å²) in [6, 6.07) is 13.8. The maximum atomic E-state index is 13.1. The topological polar surface area (TPSA) is 95.2 Å². The number of carbonyl (C=O) groups is 1. The van der Waals surface area contributed by atoms with Gasteiger partial charge in [0, 0.05) is 11.3 Å². The van der Waals surface area contributed by atoms with Crippen LogP contribution in [-0.4, -0.2) is 28.1 Å². The van der Waals surface area contributed by atoms with E-state index >= 15 is 0 Å². The second-order valence-electron chi connectivity index (χ2n) is 6.20. The lowest BCUT2D eigenvalue weighted by Gasteiger charge is -2.37. The molecular weight excluding hydrogens is 348 g/mol. The number of phenolic OH excluding ortho intramolecular Hbond substituents is 2. The molecule has 27 heavy (non-hydrogen) atoms. The molecule has 0 spiro atoms. The van der Waals surface area contributed by atoms with E-state index in [9.17, 15) is 15.0 Å². The fraction of sp³-hybridized carbons (Fsp3) is 0.150. The number of anilines is 1. The van der Waals surface area contributed by atoms with Crippen LogP contribution in [0.25, 0.3) is 0 Å². The van der Waals surface area contributed by atoms with Crippen molar-refractivity contribution in [2.24, 2.45) is 0 Å². The van der Waals surface area contributed by atoms with E-state index in [-0.39, 0.29) is 29.7 Å². The lowest BCUT2D eigenvalue weighted by atomic mass is 10.0. The van der Waals surface area contributed by atoms with Gasteiger partial charge in [-0.15, -0.1) is 0 Å². The standard InChI is InChI=1S/C20H18N2O5/c1-26-17-10-12(9-16(23)18(17)24)19-21-15-7-3-2-6-14(15)20(25)22(19)11-13-5-4-8-27-13/h2-10,19,21,23-24H,11H2,1H3. The van der Waals surface area contributed by atoms with Gasteiger partial charge in [0.25, 0.3) is 5.91 Å². The normalized spacial score (nSPS) is 16.0. The smallest absolute Gasteiger partial charge is 0.258 e. The van der Waals surface area contributed by atoms with E-state index in [0.717, 1.165) is 0 Å². The fourth-order valence-electron chi connectivity index (χ4n) is 3.22. The molecular formula is C20H18N2O5. The van der Waals surface area contributed by atoms with Crippen LogP contribution in [0.3, 0.4) is 0 Å². The van der Waals surface area contributed by atoms with Crippen LogP contribution in [0.4, 0.5) is 5.69 Å². The van der Waals surface area contributed by atoms with Gasteiger partial charge in [-0.05, 0) is 36.4 Å². The number of amides is 1. The Bertz CT molecular complexity index is 984. The molecule has 0 fully saturated rings. The Morgan fingerprint density at radius 1 is 1.19 bits per heavy atom. The van der Waals surface area contributed by atoms with E-state index in [1.165, 1.54) is 13.2 Å². The molecule has 1 aromatic heterocycles. The van der Waals surface area contributed by atoms with Gasteiger partial charge >= 0.3 is 0 Å². The van der Waals surface area contributed by atoms with Gasteiger partial charge < -0.3 is 29.6 Å². The van der Waals surface area contributed by atoms with Gasteiger partial charge in [0.1, 0.15) is 11.9 Å². The first-order valence-electron chi connectivity index (χ1n) is 8.37. The molecule has 0 radical (unpaired) electrons. The maximum Gasteiger partial charge on any atom is 0.258 e. The van der Waals surface area contributed by atoms with Crippen LogP contribution in [0, 0.1) is 0 Å². The number of hydrogen-bond acceptors (Lipinski definition) is 6. The first-order valence-corrected chi connectivity index (χ1v) is 8.37. The van der Waals surface area contributed by atoms with Crippen molar-refractivity contribution >= 4 is 11.6 Å². The fourth-order valence-corrected chi connectivity index (χ4v) is 3.22. The van der Waals surface area contributed by atoms with Crippen molar-refractivity contribution in [1.82, 2.24) is 4.90 Å². The number of nitrogens with one attached hydrogen (secondary N) is 1. The highest BCUT2D eigenvalue weighted by atomic mass is 16.5. The average molecular weight is 366 g/mol. The van der Waals surface area contributed by atoms with Gasteiger partial charge in [0.2, 0.25) is 5.75 Å². The van der Waals surface area contributed by atoms with E-state index in [1.54, 1.807) is 41.5 Å². The zero-order chi connectivity index (χ0) is 19.0. The van der Waals surface area contributed by atoms with E-state index in [2.05, 4.69) is 5.32 Å². The molecule has 3 N–H and O–H groups in total. The molecule has 2 aromatic carbocycles. The molecule has 3 aromatic rings. The lowest BCUT2D eigenvalue weighted by Crippen LogP contribution is -2.42. The summed E-state index contributed by atoms with van der Waals surface area (Å²) in [5, 5.41) is 23.3. The van der Waals surface area contributed by atoms with Gasteiger partial charge in [0.15, 0.2) is 11.5 Å². The summed E-state index contributed by atoms with van der Waals surface area (Å²) in [6.45, 7) is 0.238. The van der Waals surface area contributed by atoms with Crippen molar-refractivity contribution in [3.63, 3.8) is 0 Å². The number of hydrogen-bond donors (Lipinski definition) is 3. The van der Waals surface area contributed by atoms with Crippen molar-refractivity contribution < 1.29 is 24.2 Å². The molecule has 1 aliphatic rings. The van der Waals surface area contributed by atoms with Crippen molar-refractivity contribution in [2.75, 3.05) is 12.4 Å². The number of ether oxygens (including phenoxy) is 1. The van der Waals surface area contributed by atoms with Gasteiger partial charge in [-0.3, -0.25) is 4.79 Å². The molecule has 0 saturated heterocycles. The van der Waals surface area contributed by atoms with E-state index in [1.807, 2.05) is 12.1 Å². The summed E-state index contributed by atoms with van der Waals surface area (Å²) >= 11 is 0. The zero-order valence-electron chi connectivity index (χ0n) is 14.5. The largest absolute Gasteiger partial charge is 0.504 e. The highest BCUT2D eigenvalue weighted by Crippen LogP contribution is 2.41. The molecule has 0 bridgehead atoms. The number of para-hydroxylation sites is 1. The quantitative estimate of drug-likeness (QED) is 0.612. The number of carbonyl (C=O) groups excluding carboxylic acids is 1. The SMILES string of the molecule is COc1cc(C2Nc3ccccc3C(=O)N2Cc2ccco2)cc(O)c1O. The second-order valence-corrected chi connectivity index (χ2v) is 6.20. The third-order valence-electron chi connectivity index (χ3n) is 4.54. The highest BCUT2D eigenvalue weighted by Gasteiger charge is 2.34. The number of methoxy groups -OCH3 is 1. The number of phenols is 2. The van der Waals surface area contributed by atoms with Crippen molar-refractivity contribution in [1.29, 1.82) is 0 Å². The number of nitrogens with zero attached hydrogens (tertiary/aromatic N) is 1. The first-order chi connectivity index (χ1) is 13.1. The molecule has 1 atom stereocenters. The number of fused-ring (bicyclic) bond motifs is 1. The molecule has 2 heterocycles. The summed E-state index contributed by atoms with van der Waals surface area (Å²) in [4.78, 5) is 14.7. The van der Waals surface area contributed by atoms with Crippen LogP contribution < -0.4 is 10.1 Å². The molecule has 7 heteroatoms. The average Bonchev–Trinajstić information content (AvgIpc) is 3.19.